The number of fused-ring (bicyclic) bond motifs is 1. The molecule has 3 rings (SSSR count). The van der Waals surface area contributed by atoms with Crippen molar-refractivity contribution in [3.63, 3.8) is 0 Å². The van der Waals surface area contributed by atoms with E-state index in [0.717, 1.165) is 17.9 Å². The second-order valence-corrected chi connectivity index (χ2v) is 5.91. The largest absolute Gasteiger partial charge is 0.486 e. The summed E-state index contributed by atoms with van der Waals surface area (Å²) in [5.74, 6) is 1.40. The summed E-state index contributed by atoms with van der Waals surface area (Å²) >= 11 is 6.33. The number of rotatable bonds is 3. The number of hydrogen-bond acceptors (Lipinski definition) is 4. The first-order valence-corrected chi connectivity index (χ1v) is 7.63. The van der Waals surface area contributed by atoms with E-state index in [0.29, 0.717) is 36.6 Å². The Morgan fingerprint density at radius 3 is 2.90 bits per heavy atom. The van der Waals surface area contributed by atoms with Gasteiger partial charge in [0.05, 0.1) is 5.02 Å². The summed E-state index contributed by atoms with van der Waals surface area (Å²) < 4.78 is 11.2. The molecule has 2 heterocycles. The number of benzene rings is 1. The molecular weight excluding hydrogens is 276 g/mol. The Kier molecular flexibility index (Phi) is 4.06. The Hall–Kier alpha value is -0.970. The molecule has 0 amide bonds. The fourth-order valence-corrected chi connectivity index (χ4v) is 3.48. The lowest BCUT2D eigenvalue weighted by molar-refractivity contribution is 0.169. The maximum atomic E-state index is 6.33. The fraction of sp³-hybridized carbons (Fsp3) is 0.600. The van der Waals surface area contributed by atoms with Crippen LogP contribution < -0.4 is 15.2 Å². The van der Waals surface area contributed by atoms with E-state index in [1.807, 2.05) is 12.1 Å². The number of likely N-dealkylation sites (tertiary alicyclic amines) is 1. The summed E-state index contributed by atoms with van der Waals surface area (Å²) in [5, 5.41) is 0.613. The zero-order chi connectivity index (χ0) is 14.1. The van der Waals surface area contributed by atoms with Crippen LogP contribution in [-0.4, -0.2) is 37.2 Å². The minimum atomic E-state index is 0.195. The minimum absolute atomic E-state index is 0.195. The van der Waals surface area contributed by atoms with Gasteiger partial charge in [0.2, 0.25) is 0 Å². The number of nitrogens with two attached hydrogens (primary N) is 1. The van der Waals surface area contributed by atoms with Gasteiger partial charge in [0.1, 0.15) is 13.2 Å². The van der Waals surface area contributed by atoms with Crippen molar-refractivity contribution in [3.05, 3.63) is 22.7 Å². The molecular formula is C15H21ClN2O2. The Balaban J connectivity index is 1.93. The quantitative estimate of drug-likeness (QED) is 0.931. The topological polar surface area (TPSA) is 47.7 Å². The first kappa shape index (κ1) is 14.0. The molecule has 0 radical (unpaired) electrons. The minimum Gasteiger partial charge on any atom is -0.486 e. The van der Waals surface area contributed by atoms with Crippen molar-refractivity contribution < 1.29 is 9.47 Å². The molecule has 4 nitrogen and oxygen atoms in total. The summed E-state index contributed by atoms with van der Waals surface area (Å²) in [4.78, 5) is 2.46. The number of halogens is 1. The average Bonchev–Trinajstić information content (AvgIpc) is 2.86. The van der Waals surface area contributed by atoms with Gasteiger partial charge >= 0.3 is 0 Å². The van der Waals surface area contributed by atoms with E-state index in [4.69, 9.17) is 26.8 Å². The molecule has 2 aliphatic heterocycles. The molecule has 2 N–H and O–H groups in total. The van der Waals surface area contributed by atoms with E-state index in [2.05, 4.69) is 11.8 Å². The molecule has 2 unspecified atom stereocenters. The zero-order valence-electron chi connectivity index (χ0n) is 11.8. The second-order valence-electron chi connectivity index (χ2n) is 5.51. The van der Waals surface area contributed by atoms with Crippen LogP contribution in [0, 0.1) is 0 Å². The van der Waals surface area contributed by atoms with Gasteiger partial charge in [-0.3, -0.25) is 4.90 Å². The van der Waals surface area contributed by atoms with Gasteiger partial charge in [-0.2, -0.15) is 0 Å². The lowest BCUT2D eigenvalue weighted by atomic mass is 10.0. The molecule has 1 saturated heterocycles. The first-order chi connectivity index (χ1) is 9.70. The second kappa shape index (κ2) is 5.80. The molecule has 5 heteroatoms. The smallest absolute Gasteiger partial charge is 0.179 e. The van der Waals surface area contributed by atoms with Crippen molar-refractivity contribution in [2.24, 2.45) is 5.73 Å². The van der Waals surface area contributed by atoms with Gasteiger partial charge in [0.25, 0.3) is 0 Å². The zero-order valence-corrected chi connectivity index (χ0v) is 12.5. The summed E-state index contributed by atoms with van der Waals surface area (Å²) in [6, 6.07) is 4.76. The Morgan fingerprint density at radius 1 is 1.40 bits per heavy atom. The highest BCUT2D eigenvalue weighted by molar-refractivity contribution is 6.32. The van der Waals surface area contributed by atoms with E-state index in [1.165, 1.54) is 12.8 Å². The molecule has 0 aromatic heterocycles. The number of ether oxygens (including phenoxy) is 2. The van der Waals surface area contributed by atoms with Gasteiger partial charge in [0.15, 0.2) is 11.5 Å². The monoisotopic (exact) mass is 296 g/mol. The van der Waals surface area contributed by atoms with E-state index in [9.17, 15) is 0 Å². The van der Waals surface area contributed by atoms with Crippen molar-refractivity contribution in [1.82, 2.24) is 4.90 Å². The van der Waals surface area contributed by atoms with E-state index < -0.39 is 0 Å². The van der Waals surface area contributed by atoms with Crippen molar-refractivity contribution in [2.75, 3.05) is 26.3 Å². The standard InChI is InChI=1S/C15H21ClN2O2/c1-10-3-2-4-18(10)13(9-17)11-7-12(16)15-14(8-11)19-5-6-20-15/h7-8,10,13H,2-6,9,17H2,1H3. The first-order valence-electron chi connectivity index (χ1n) is 7.25. The van der Waals surface area contributed by atoms with Gasteiger partial charge in [0, 0.05) is 18.6 Å². The Bertz CT molecular complexity index is 495. The molecule has 0 saturated carbocycles. The summed E-state index contributed by atoms with van der Waals surface area (Å²) in [7, 11) is 0. The van der Waals surface area contributed by atoms with Crippen LogP contribution in [0.1, 0.15) is 31.4 Å². The van der Waals surface area contributed by atoms with E-state index in [-0.39, 0.29) is 6.04 Å². The molecule has 0 bridgehead atoms. The molecule has 1 aromatic carbocycles. The predicted molar refractivity (Wildman–Crippen MR) is 79.6 cm³/mol. The Morgan fingerprint density at radius 2 is 2.20 bits per heavy atom. The maximum absolute atomic E-state index is 6.33. The van der Waals surface area contributed by atoms with E-state index >= 15 is 0 Å². The van der Waals surface area contributed by atoms with Gasteiger partial charge in [-0.05, 0) is 44.0 Å². The normalized spacial score (nSPS) is 23.9. The van der Waals surface area contributed by atoms with Crippen LogP contribution in [0.5, 0.6) is 11.5 Å². The van der Waals surface area contributed by atoms with Crippen LogP contribution >= 0.6 is 11.6 Å². The fourth-order valence-electron chi connectivity index (χ4n) is 3.20. The molecule has 2 atom stereocenters. The van der Waals surface area contributed by atoms with Gasteiger partial charge in [-0.1, -0.05) is 11.6 Å². The molecule has 1 fully saturated rings. The lowest BCUT2D eigenvalue weighted by Gasteiger charge is -2.32. The molecule has 0 spiro atoms. The van der Waals surface area contributed by atoms with Crippen LogP contribution in [0.15, 0.2) is 12.1 Å². The average molecular weight is 297 g/mol. The van der Waals surface area contributed by atoms with Crippen LogP contribution in [-0.2, 0) is 0 Å². The number of nitrogens with zero attached hydrogens (tertiary/aromatic N) is 1. The van der Waals surface area contributed by atoms with Crippen molar-refractivity contribution in [3.8, 4) is 11.5 Å². The predicted octanol–water partition coefficient (Wildman–Crippen LogP) is 2.60. The summed E-state index contributed by atoms with van der Waals surface area (Å²) in [6.45, 7) is 5.06. The number of hydrogen-bond donors (Lipinski definition) is 1. The van der Waals surface area contributed by atoms with Crippen LogP contribution in [0.4, 0.5) is 0 Å². The summed E-state index contributed by atoms with van der Waals surface area (Å²) in [6.07, 6.45) is 2.46. The van der Waals surface area contributed by atoms with Crippen LogP contribution in [0.25, 0.3) is 0 Å². The highest BCUT2D eigenvalue weighted by Crippen LogP contribution is 2.41. The van der Waals surface area contributed by atoms with Gasteiger partial charge in [-0.25, -0.2) is 0 Å². The lowest BCUT2D eigenvalue weighted by Crippen LogP contribution is -2.36. The molecule has 110 valence electrons. The molecule has 2 aliphatic rings. The van der Waals surface area contributed by atoms with Crippen molar-refractivity contribution in [2.45, 2.75) is 31.8 Å². The maximum Gasteiger partial charge on any atom is 0.179 e. The highest BCUT2D eigenvalue weighted by atomic mass is 35.5. The van der Waals surface area contributed by atoms with Gasteiger partial charge < -0.3 is 15.2 Å². The molecule has 1 aromatic rings. The Labute approximate surface area is 124 Å². The third-order valence-corrected chi connectivity index (χ3v) is 4.51. The molecule has 20 heavy (non-hydrogen) atoms. The van der Waals surface area contributed by atoms with Gasteiger partial charge in [-0.15, -0.1) is 0 Å². The van der Waals surface area contributed by atoms with E-state index in [1.54, 1.807) is 0 Å². The third-order valence-electron chi connectivity index (χ3n) is 4.23. The third kappa shape index (κ3) is 2.48. The summed E-state index contributed by atoms with van der Waals surface area (Å²) in [5.41, 5.74) is 7.14. The van der Waals surface area contributed by atoms with Crippen LogP contribution in [0.3, 0.4) is 0 Å². The van der Waals surface area contributed by atoms with Crippen molar-refractivity contribution in [1.29, 1.82) is 0 Å². The van der Waals surface area contributed by atoms with Crippen molar-refractivity contribution >= 4 is 11.6 Å². The molecule has 0 aliphatic carbocycles. The SMILES string of the molecule is CC1CCCN1C(CN)c1cc(Cl)c2c(c1)OCCO2. The highest BCUT2D eigenvalue weighted by Gasteiger charge is 2.29. The van der Waals surface area contributed by atoms with Crippen LogP contribution in [0.2, 0.25) is 5.02 Å².